The summed E-state index contributed by atoms with van der Waals surface area (Å²) in [5.74, 6) is -2.75. The summed E-state index contributed by atoms with van der Waals surface area (Å²) in [7, 11) is 0. The minimum atomic E-state index is -1.14. The monoisotopic (exact) mass is 241 g/mol. The molecule has 1 aromatic rings. The maximum atomic E-state index is 13.0. The number of halogens is 1. The first-order chi connectivity index (χ1) is 7.91. The molecular formula is C10H8FNO5. The van der Waals surface area contributed by atoms with E-state index >= 15 is 0 Å². The number of carboxylic acids is 1. The molecule has 1 N–H and O–H groups in total. The van der Waals surface area contributed by atoms with E-state index in [-0.39, 0.29) is 18.4 Å². The van der Waals surface area contributed by atoms with Crippen molar-refractivity contribution >= 4 is 17.4 Å². The molecule has 0 aliphatic heterocycles. The zero-order valence-electron chi connectivity index (χ0n) is 8.55. The van der Waals surface area contributed by atoms with Gasteiger partial charge in [-0.2, -0.15) is 4.39 Å². The van der Waals surface area contributed by atoms with Crippen molar-refractivity contribution < 1.29 is 24.0 Å². The van der Waals surface area contributed by atoms with E-state index in [0.717, 1.165) is 18.2 Å². The molecule has 0 amide bonds. The van der Waals surface area contributed by atoms with Crippen molar-refractivity contribution in [1.29, 1.82) is 0 Å². The van der Waals surface area contributed by atoms with Crippen LogP contribution in [-0.2, 0) is 4.79 Å². The lowest BCUT2D eigenvalue weighted by Crippen LogP contribution is -2.05. The van der Waals surface area contributed by atoms with Crippen molar-refractivity contribution in [3.63, 3.8) is 0 Å². The summed E-state index contributed by atoms with van der Waals surface area (Å²) in [6, 6.07) is 2.71. The predicted molar refractivity (Wildman–Crippen MR) is 54.3 cm³/mol. The van der Waals surface area contributed by atoms with Crippen LogP contribution in [0.15, 0.2) is 18.2 Å². The van der Waals surface area contributed by atoms with E-state index in [1.807, 2.05) is 0 Å². The molecule has 1 rings (SSSR count). The van der Waals surface area contributed by atoms with E-state index in [1.54, 1.807) is 0 Å². The molecule has 0 saturated carbocycles. The first-order valence-corrected chi connectivity index (χ1v) is 4.60. The topological polar surface area (TPSA) is 97.5 Å². The van der Waals surface area contributed by atoms with Gasteiger partial charge in [0.2, 0.25) is 5.82 Å². The van der Waals surface area contributed by atoms with Gasteiger partial charge >= 0.3 is 11.7 Å². The lowest BCUT2D eigenvalue weighted by Gasteiger charge is -2.00. The molecule has 0 fully saturated rings. The third-order valence-corrected chi connectivity index (χ3v) is 2.03. The van der Waals surface area contributed by atoms with Gasteiger partial charge in [0.15, 0.2) is 5.78 Å². The minimum absolute atomic E-state index is 0.0700. The number of ketones is 1. The van der Waals surface area contributed by atoms with E-state index < -0.39 is 28.2 Å². The summed E-state index contributed by atoms with van der Waals surface area (Å²) < 4.78 is 13.0. The zero-order chi connectivity index (χ0) is 13.0. The molecule has 17 heavy (non-hydrogen) atoms. The first kappa shape index (κ1) is 12.8. The second-order valence-electron chi connectivity index (χ2n) is 3.24. The third kappa shape index (κ3) is 3.33. The number of carbonyl (C=O) groups excluding carboxylic acids is 1. The fourth-order valence-electron chi connectivity index (χ4n) is 1.19. The fourth-order valence-corrected chi connectivity index (χ4v) is 1.19. The van der Waals surface area contributed by atoms with Gasteiger partial charge in [0.25, 0.3) is 0 Å². The van der Waals surface area contributed by atoms with E-state index in [9.17, 15) is 24.1 Å². The van der Waals surface area contributed by atoms with Crippen molar-refractivity contribution in [1.82, 2.24) is 0 Å². The Morgan fingerprint density at radius 2 is 2.00 bits per heavy atom. The van der Waals surface area contributed by atoms with Gasteiger partial charge in [0, 0.05) is 18.1 Å². The molecule has 7 heteroatoms. The van der Waals surface area contributed by atoms with E-state index in [4.69, 9.17) is 5.11 Å². The van der Waals surface area contributed by atoms with Gasteiger partial charge < -0.3 is 5.11 Å². The Labute approximate surface area is 94.8 Å². The van der Waals surface area contributed by atoms with Gasteiger partial charge in [-0.25, -0.2) is 0 Å². The molecule has 0 atom stereocenters. The number of hydrogen-bond acceptors (Lipinski definition) is 4. The molecule has 0 spiro atoms. The van der Waals surface area contributed by atoms with Crippen LogP contribution in [0.3, 0.4) is 0 Å². The Bertz CT molecular complexity index is 486. The highest BCUT2D eigenvalue weighted by Gasteiger charge is 2.17. The SMILES string of the molecule is O=C(O)CCC(=O)c1ccc(F)c([N+](=O)[O-])c1. The quantitative estimate of drug-likeness (QED) is 0.481. The number of carboxylic acid groups (broad SMARTS) is 1. The molecule has 0 bridgehead atoms. The van der Waals surface area contributed by atoms with Crippen LogP contribution in [0, 0.1) is 15.9 Å². The number of nitro groups is 1. The van der Waals surface area contributed by atoms with Gasteiger partial charge in [-0.05, 0) is 12.1 Å². The van der Waals surface area contributed by atoms with Crippen LogP contribution in [0.5, 0.6) is 0 Å². The van der Waals surface area contributed by atoms with Crippen LogP contribution in [0.2, 0.25) is 0 Å². The summed E-state index contributed by atoms with van der Waals surface area (Å²) in [6.07, 6.45) is -0.651. The van der Waals surface area contributed by atoms with Crippen LogP contribution in [0.4, 0.5) is 10.1 Å². The summed E-state index contributed by atoms with van der Waals surface area (Å²) >= 11 is 0. The lowest BCUT2D eigenvalue weighted by atomic mass is 10.1. The standard InChI is InChI=1S/C10H8FNO5/c11-7-2-1-6(5-8(7)12(16)17)9(13)3-4-10(14)15/h1-2,5H,3-4H2,(H,14,15). The summed E-state index contributed by atoms with van der Waals surface area (Å²) in [5, 5.41) is 18.8. The average Bonchev–Trinajstić information content (AvgIpc) is 2.26. The summed E-state index contributed by atoms with van der Waals surface area (Å²) in [6.45, 7) is 0. The Hall–Kier alpha value is -2.31. The van der Waals surface area contributed by atoms with Crippen LogP contribution < -0.4 is 0 Å². The molecule has 0 saturated heterocycles. The van der Waals surface area contributed by atoms with Crippen LogP contribution in [-0.4, -0.2) is 21.8 Å². The van der Waals surface area contributed by atoms with E-state index in [1.165, 1.54) is 0 Å². The van der Waals surface area contributed by atoms with Crippen LogP contribution in [0.1, 0.15) is 23.2 Å². The number of carbonyl (C=O) groups is 2. The maximum Gasteiger partial charge on any atom is 0.305 e. The summed E-state index contributed by atoms with van der Waals surface area (Å²) in [5.41, 5.74) is -0.870. The van der Waals surface area contributed by atoms with Gasteiger partial charge in [-0.1, -0.05) is 0 Å². The highest BCUT2D eigenvalue weighted by molar-refractivity contribution is 5.97. The Morgan fingerprint density at radius 1 is 1.35 bits per heavy atom. The first-order valence-electron chi connectivity index (χ1n) is 4.60. The second-order valence-corrected chi connectivity index (χ2v) is 3.24. The van der Waals surface area contributed by atoms with Crippen LogP contribution >= 0.6 is 0 Å². The van der Waals surface area contributed by atoms with Gasteiger partial charge in [-0.15, -0.1) is 0 Å². The molecule has 0 aliphatic carbocycles. The van der Waals surface area contributed by atoms with Gasteiger partial charge in [0.05, 0.1) is 11.3 Å². The Balaban J connectivity index is 2.92. The van der Waals surface area contributed by atoms with Crippen molar-refractivity contribution in [2.75, 3.05) is 0 Å². The summed E-state index contributed by atoms with van der Waals surface area (Å²) in [4.78, 5) is 31.2. The molecule has 0 radical (unpaired) electrons. The predicted octanol–water partition coefficient (Wildman–Crippen LogP) is 1.78. The number of nitrogens with zero attached hydrogens (tertiary/aromatic N) is 1. The zero-order valence-corrected chi connectivity index (χ0v) is 8.55. The molecule has 0 aromatic heterocycles. The highest BCUT2D eigenvalue weighted by Crippen LogP contribution is 2.19. The molecule has 90 valence electrons. The number of hydrogen-bond donors (Lipinski definition) is 1. The Kier molecular flexibility index (Phi) is 3.86. The number of nitro benzene ring substituents is 1. The Morgan fingerprint density at radius 3 is 2.53 bits per heavy atom. The van der Waals surface area contributed by atoms with E-state index in [0.29, 0.717) is 0 Å². The molecule has 1 aromatic carbocycles. The molecule has 0 unspecified atom stereocenters. The largest absolute Gasteiger partial charge is 0.481 e. The van der Waals surface area contributed by atoms with Crippen molar-refractivity contribution in [3.8, 4) is 0 Å². The number of aliphatic carboxylic acids is 1. The fraction of sp³-hybridized carbons (Fsp3) is 0.200. The number of Topliss-reactive ketones (excluding diaryl/α,β-unsaturated/α-hetero) is 1. The molecule has 6 nitrogen and oxygen atoms in total. The molecular weight excluding hydrogens is 233 g/mol. The normalized spacial score (nSPS) is 9.94. The average molecular weight is 241 g/mol. The second kappa shape index (κ2) is 5.15. The van der Waals surface area contributed by atoms with Crippen molar-refractivity contribution in [2.24, 2.45) is 0 Å². The van der Waals surface area contributed by atoms with Crippen LogP contribution in [0.25, 0.3) is 0 Å². The highest BCUT2D eigenvalue weighted by atomic mass is 19.1. The molecule has 0 heterocycles. The minimum Gasteiger partial charge on any atom is -0.481 e. The van der Waals surface area contributed by atoms with Crippen molar-refractivity contribution in [3.05, 3.63) is 39.7 Å². The van der Waals surface area contributed by atoms with Gasteiger partial charge in [-0.3, -0.25) is 19.7 Å². The maximum absolute atomic E-state index is 13.0. The smallest absolute Gasteiger partial charge is 0.305 e. The van der Waals surface area contributed by atoms with Crippen molar-refractivity contribution in [2.45, 2.75) is 12.8 Å². The number of benzene rings is 1. The number of rotatable bonds is 5. The molecule has 0 aliphatic rings. The van der Waals surface area contributed by atoms with E-state index in [2.05, 4.69) is 0 Å². The lowest BCUT2D eigenvalue weighted by molar-refractivity contribution is -0.387. The third-order valence-electron chi connectivity index (χ3n) is 2.03. The van der Waals surface area contributed by atoms with Gasteiger partial charge in [0.1, 0.15) is 0 Å².